The van der Waals surface area contributed by atoms with E-state index in [0.29, 0.717) is 11.3 Å². The fourth-order valence-electron chi connectivity index (χ4n) is 1.71. The van der Waals surface area contributed by atoms with Crippen molar-refractivity contribution in [3.63, 3.8) is 0 Å². The van der Waals surface area contributed by atoms with Gasteiger partial charge in [-0.1, -0.05) is 11.8 Å². The normalized spacial score (nSPS) is 12.0. The minimum atomic E-state index is -0.265. The number of hydrogen-bond donors (Lipinski definition) is 1. The Morgan fingerprint density at radius 1 is 1.29 bits per heavy atom. The highest BCUT2D eigenvalue weighted by atomic mass is 32.2. The standard InChI is InChI=1S/C15H17N3O2S/c1-10(19)12-4-6-13(7-5-12)17-14(20)11(2)21-15-16-8-9-18(15)3/h4-9,11H,1-3H3,(H,17,20). The molecule has 0 aliphatic heterocycles. The van der Waals surface area contributed by atoms with Crippen LogP contribution in [-0.2, 0) is 11.8 Å². The zero-order chi connectivity index (χ0) is 15.4. The second kappa shape index (κ2) is 6.58. The lowest BCUT2D eigenvalue weighted by molar-refractivity contribution is -0.115. The van der Waals surface area contributed by atoms with Crippen LogP contribution >= 0.6 is 11.8 Å². The molecule has 0 fully saturated rings. The van der Waals surface area contributed by atoms with Crippen LogP contribution in [0.3, 0.4) is 0 Å². The Labute approximate surface area is 127 Å². The minimum Gasteiger partial charge on any atom is -0.329 e. The van der Waals surface area contributed by atoms with Crippen molar-refractivity contribution in [2.45, 2.75) is 24.3 Å². The number of nitrogens with one attached hydrogen (secondary N) is 1. The van der Waals surface area contributed by atoms with Crippen LogP contribution in [0, 0.1) is 0 Å². The summed E-state index contributed by atoms with van der Waals surface area (Å²) in [6, 6.07) is 6.86. The van der Waals surface area contributed by atoms with E-state index in [1.54, 1.807) is 30.5 Å². The van der Waals surface area contributed by atoms with Crippen molar-refractivity contribution in [2.24, 2.45) is 7.05 Å². The third-order valence-electron chi connectivity index (χ3n) is 2.99. The van der Waals surface area contributed by atoms with Crippen molar-refractivity contribution < 1.29 is 9.59 Å². The topological polar surface area (TPSA) is 64.0 Å². The summed E-state index contributed by atoms with van der Waals surface area (Å²) >= 11 is 1.40. The average molecular weight is 303 g/mol. The first-order valence-electron chi connectivity index (χ1n) is 6.53. The van der Waals surface area contributed by atoms with Gasteiger partial charge in [0, 0.05) is 30.7 Å². The van der Waals surface area contributed by atoms with Gasteiger partial charge in [-0.25, -0.2) is 4.98 Å². The zero-order valence-corrected chi connectivity index (χ0v) is 13.0. The summed E-state index contributed by atoms with van der Waals surface area (Å²) in [7, 11) is 1.89. The highest BCUT2D eigenvalue weighted by Gasteiger charge is 2.16. The molecule has 110 valence electrons. The van der Waals surface area contributed by atoms with Crippen LogP contribution in [-0.4, -0.2) is 26.5 Å². The molecule has 0 spiro atoms. The molecular weight excluding hydrogens is 286 g/mol. The van der Waals surface area contributed by atoms with Gasteiger partial charge in [0.2, 0.25) is 5.91 Å². The van der Waals surface area contributed by atoms with Crippen molar-refractivity contribution in [3.8, 4) is 0 Å². The smallest absolute Gasteiger partial charge is 0.237 e. The quantitative estimate of drug-likeness (QED) is 0.681. The lowest BCUT2D eigenvalue weighted by atomic mass is 10.1. The second-order valence-electron chi connectivity index (χ2n) is 4.70. The van der Waals surface area contributed by atoms with E-state index in [0.717, 1.165) is 5.16 Å². The average Bonchev–Trinajstić information content (AvgIpc) is 2.84. The number of rotatable bonds is 5. The molecule has 5 nitrogen and oxygen atoms in total. The molecule has 1 aromatic heterocycles. The first kappa shape index (κ1) is 15.3. The monoisotopic (exact) mass is 303 g/mol. The van der Waals surface area contributed by atoms with Crippen LogP contribution < -0.4 is 5.32 Å². The SMILES string of the molecule is CC(=O)c1ccc(NC(=O)C(C)Sc2nccn2C)cc1. The van der Waals surface area contributed by atoms with E-state index < -0.39 is 0 Å². The Morgan fingerprint density at radius 2 is 1.95 bits per heavy atom. The third kappa shape index (κ3) is 3.95. The summed E-state index contributed by atoms with van der Waals surface area (Å²) in [6.45, 7) is 3.35. The first-order chi connectivity index (χ1) is 9.97. The molecule has 6 heteroatoms. The van der Waals surface area contributed by atoms with Gasteiger partial charge < -0.3 is 9.88 Å². The van der Waals surface area contributed by atoms with Crippen molar-refractivity contribution in [2.75, 3.05) is 5.32 Å². The third-order valence-corrected chi connectivity index (χ3v) is 4.16. The molecule has 1 unspecified atom stereocenters. The fourth-order valence-corrected chi connectivity index (χ4v) is 2.54. The number of carbonyl (C=O) groups excluding carboxylic acids is 2. The molecule has 2 rings (SSSR count). The molecule has 2 aromatic rings. The van der Waals surface area contributed by atoms with Crippen molar-refractivity contribution in [3.05, 3.63) is 42.2 Å². The summed E-state index contributed by atoms with van der Waals surface area (Å²) in [5, 5.41) is 3.36. The van der Waals surface area contributed by atoms with E-state index in [1.807, 2.05) is 24.7 Å². The van der Waals surface area contributed by atoms with E-state index in [2.05, 4.69) is 10.3 Å². The van der Waals surface area contributed by atoms with Gasteiger partial charge >= 0.3 is 0 Å². The van der Waals surface area contributed by atoms with Crippen LogP contribution in [0.25, 0.3) is 0 Å². The van der Waals surface area contributed by atoms with Gasteiger partial charge in [0.05, 0.1) is 5.25 Å². The number of anilines is 1. The van der Waals surface area contributed by atoms with Gasteiger partial charge in [-0.2, -0.15) is 0 Å². The van der Waals surface area contributed by atoms with Crippen molar-refractivity contribution in [1.29, 1.82) is 0 Å². The summed E-state index contributed by atoms with van der Waals surface area (Å²) in [5.74, 6) is -0.0924. The largest absolute Gasteiger partial charge is 0.329 e. The highest BCUT2D eigenvalue weighted by molar-refractivity contribution is 8.00. The van der Waals surface area contributed by atoms with Crippen LogP contribution in [0.4, 0.5) is 5.69 Å². The van der Waals surface area contributed by atoms with Crippen LogP contribution in [0.1, 0.15) is 24.2 Å². The zero-order valence-electron chi connectivity index (χ0n) is 12.2. The van der Waals surface area contributed by atoms with Crippen molar-refractivity contribution in [1.82, 2.24) is 9.55 Å². The predicted molar refractivity (Wildman–Crippen MR) is 83.6 cm³/mol. The Bertz CT molecular complexity index is 649. The Morgan fingerprint density at radius 3 is 2.48 bits per heavy atom. The highest BCUT2D eigenvalue weighted by Crippen LogP contribution is 2.22. The Kier molecular flexibility index (Phi) is 4.80. The van der Waals surface area contributed by atoms with E-state index in [1.165, 1.54) is 18.7 Å². The number of Topliss-reactive ketones (excluding diaryl/α,β-unsaturated/α-hetero) is 1. The molecule has 21 heavy (non-hydrogen) atoms. The molecule has 1 N–H and O–H groups in total. The molecule has 0 aliphatic carbocycles. The van der Waals surface area contributed by atoms with E-state index in [9.17, 15) is 9.59 Å². The number of hydrogen-bond acceptors (Lipinski definition) is 4. The van der Waals surface area contributed by atoms with E-state index in [4.69, 9.17) is 0 Å². The number of thioether (sulfide) groups is 1. The molecule has 0 radical (unpaired) electrons. The minimum absolute atomic E-state index is 0.00609. The number of carbonyl (C=O) groups is 2. The number of aromatic nitrogens is 2. The van der Waals surface area contributed by atoms with Gasteiger partial charge in [0.1, 0.15) is 0 Å². The molecule has 1 amide bonds. The molecule has 0 aliphatic rings. The maximum Gasteiger partial charge on any atom is 0.237 e. The first-order valence-corrected chi connectivity index (χ1v) is 7.41. The summed E-state index contributed by atoms with van der Waals surface area (Å²) in [6.07, 6.45) is 3.54. The summed E-state index contributed by atoms with van der Waals surface area (Å²) in [4.78, 5) is 27.5. The maximum absolute atomic E-state index is 12.1. The second-order valence-corrected chi connectivity index (χ2v) is 6.01. The fraction of sp³-hybridized carbons (Fsp3) is 0.267. The number of amides is 1. The lowest BCUT2D eigenvalue weighted by Crippen LogP contribution is -2.22. The molecule has 1 heterocycles. The Hall–Kier alpha value is -2.08. The van der Waals surface area contributed by atoms with Gasteiger partial charge in [-0.3, -0.25) is 9.59 Å². The molecule has 0 bridgehead atoms. The van der Waals surface area contributed by atoms with Crippen molar-refractivity contribution >= 4 is 29.1 Å². The lowest BCUT2D eigenvalue weighted by Gasteiger charge is -2.11. The molecular formula is C15H17N3O2S. The molecule has 0 saturated heterocycles. The van der Waals surface area contributed by atoms with Gasteiger partial charge in [0.25, 0.3) is 0 Å². The molecule has 1 aromatic carbocycles. The number of imidazole rings is 1. The van der Waals surface area contributed by atoms with E-state index >= 15 is 0 Å². The van der Waals surface area contributed by atoms with Gasteiger partial charge in [0.15, 0.2) is 10.9 Å². The number of ketones is 1. The van der Waals surface area contributed by atoms with Gasteiger partial charge in [-0.15, -0.1) is 0 Å². The van der Waals surface area contributed by atoms with Gasteiger partial charge in [-0.05, 0) is 38.1 Å². The predicted octanol–water partition coefficient (Wildman–Crippen LogP) is 2.74. The van der Waals surface area contributed by atoms with Crippen LogP contribution in [0.2, 0.25) is 0 Å². The Balaban J connectivity index is 1.97. The van der Waals surface area contributed by atoms with E-state index in [-0.39, 0.29) is 16.9 Å². The number of aryl methyl sites for hydroxylation is 1. The molecule has 0 saturated carbocycles. The number of nitrogens with zero attached hydrogens (tertiary/aromatic N) is 2. The van der Waals surface area contributed by atoms with Crippen LogP contribution in [0.5, 0.6) is 0 Å². The summed E-state index contributed by atoms with van der Waals surface area (Å²) < 4.78 is 1.87. The maximum atomic E-state index is 12.1. The number of benzene rings is 1. The summed E-state index contributed by atoms with van der Waals surface area (Å²) in [5.41, 5.74) is 1.31. The molecule has 1 atom stereocenters. The van der Waals surface area contributed by atoms with Crippen LogP contribution in [0.15, 0.2) is 41.8 Å².